The molecule has 0 unspecified atom stereocenters. The Morgan fingerprint density at radius 1 is 0.651 bits per heavy atom. The van der Waals surface area contributed by atoms with Crippen LogP contribution in [0.1, 0.15) is 48.0 Å². The third kappa shape index (κ3) is 10.1. The van der Waals surface area contributed by atoms with Gasteiger partial charge in [-0.05, 0) is 0 Å². The van der Waals surface area contributed by atoms with Crippen molar-refractivity contribution in [2.24, 2.45) is 5.92 Å². The number of methoxy groups -OCH3 is 1. The summed E-state index contributed by atoms with van der Waals surface area (Å²) in [6.07, 6.45) is -11.6. The first-order chi connectivity index (χ1) is 20.0. The molecule has 0 aromatic rings. The fourth-order valence-corrected chi connectivity index (χ4v) is 5.64. The molecule has 2 rings (SSSR count). The van der Waals surface area contributed by atoms with Crippen LogP contribution in [0.5, 0.6) is 0 Å². The molecule has 1 saturated carbocycles. The van der Waals surface area contributed by atoms with E-state index in [-0.39, 0.29) is 6.42 Å². The molecule has 1 heterocycles. The predicted molar refractivity (Wildman–Crippen MR) is 141 cm³/mol. The zero-order valence-electron chi connectivity index (χ0n) is 24.6. The van der Waals surface area contributed by atoms with Crippen molar-refractivity contribution in [1.82, 2.24) is 0 Å². The summed E-state index contributed by atoms with van der Waals surface area (Å²) in [7, 11) is 1.15. The third-order valence-electron chi connectivity index (χ3n) is 6.24. The SMILES string of the molecule is COC(=O)[C@@H]1C[C@@H](OC(C)=O)[C@@H](OC(C)=O)[C@H](O[C@@H]2O[C@H](COC(C)=O)[C@@H](OC(C)=O)[C@H](OC(C)=O)[C@H]2OC(C)=O)[C@@H]1Br. The Balaban J connectivity index is 2.66. The molecule has 0 amide bonds. The van der Waals surface area contributed by atoms with Gasteiger partial charge in [-0.3, -0.25) is 33.6 Å². The molecule has 1 aliphatic heterocycles. The maximum atomic E-state index is 12.7. The van der Waals surface area contributed by atoms with Crippen molar-refractivity contribution in [3.63, 3.8) is 0 Å². The van der Waals surface area contributed by atoms with Crippen LogP contribution >= 0.6 is 15.9 Å². The lowest BCUT2D eigenvalue weighted by atomic mass is 9.82. The van der Waals surface area contributed by atoms with Gasteiger partial charge in [0.25, 0.3) is 0 Å². The number of hydrogen-bond donors (Lipinski definition) is 0. The molecular formula is C26H35BrO16. The van der Waals surface area contributed by atoms with Gasteiger partial charge in [0.05, 0.1) is 17.9 Å². The summed E-state index contributed by atoms with van der Waals surface area (Å²) in [6.45, 7) is 5.99. The van der Waals surface area contributed by atoms with Crippen LogP contribution in [0, 0.1) is 5.92 Å². The van der Waals surface area contributed by atoms with Gasteiger partial charge in [0.15, 0.2) is 30.7 Å². The van der Waals surface area contributed by atoms with Crippen molar-refractivity contribution in [3.05, 3.63) is 0 Å². The van der Waals surface area contributed by atoms with E-state index in [1.807, 2.05) is 0 Å². The lowest BCUT2D eigenvalue weighted by molar-refractivity contribution is -0.326. The van der Waals surface area contributed by atoms with E-state index in [1.165, 1.54) is 0 Å². The highest BCUT2D eigenvalue weighted by molar-refractivity contribution is 9.09. The van der Waals surface area contributed by atoms with Crippen LogP contribution < -0.4 is 0 Å². The quantitative estimate of drug-likeness (QED) is 0.172. The molecule has 0 aromatic heterocycles. The molecule has 17 heteroatoms. The Bertz CT molecular complexity index is 1080. The fourth-order valence-electron chi connectivity index (χ4n) is 4.78. The highest BCUT2D eigenvalue weighted by atomic mass is 79.9. The van der Waals surface area contributed by atoms with Crippen LogP contribution in [0.4, 0.5) is 0 Å². The summed E-state index contributed by atoms with van der Waals surface area (Å²) in [6, 6.07) is 0. The van der Waals surface area contributed by atoms with Crippen LogP contribution in [0.15, 0.2) is 0 Å². The minimum absolute atomic E-state index is 0.126. The molecule has 0 bridgehead atoms. The summed E-state index contributed by atoms with van der Waals surface area (Å²) in [4.78, 5) is 83.7. The second-order valence-corrected chi connectivity index (χ2v) is 10.8. The first-order valence-corrected chi connectivity index (χ1v) is 14.0. The minimum atomic E-state index is -1.68. The molecule has 0 aromatic carbocycles. The number of carbonyl (C=O) groups excluding carboxylic acids is 7. The van der Waals surface area contributed by atoms with Gasteiger partial charge in [0, 0.05) is 48.0 Å². The molecule has 10 atom stereocenters. The van der Waals surface area contributed by atoms with Crippen molar-refractivity contribution < 1.29 is 76.2 Å². The lowest BCUT2D eigenvalue weighted by Crippen LogP contribution is -2.65. The van der Waals surface area contributed by atoms with Crippen LogP contribution in [-0.2, 0) is 76.2 Å². The minimum Gasteiger partial charge on any atom is -0.469 e. The predicted octanol–water partition coefficient (Wildman–Crippen LogP) is 0.275. The van der Waals surface area contributed by atoms with Gasteiger partial charge in [0.2, 0.25) is 0 Å². The summed E-state index contributed by atoms with van der Waals surface area (Å²) >= 11 is 3.40. The molecular weight excluding hydrogens is 648 g/mol. The number of halogens is 1. The summed E-state index contributed by atoms with van der Waals surface area (Å²) in [5, 5.41) is 0. The molecule has 2 fully saturated rings. The summed E-state index contributed by atoms with van der Waals surface area (Å²) in [5.41, 5.74) is 0. The van der Waals surface area contributed by atoms with Crippen molar-refractivity contribution in [1.29, 1.82) is 0 Å². The lowest BCUT2D eigenvalue weighted by Gasteiger charge is -2.48. The molecule has 16 nitrogen and oxygen atoms in total. The summed E-state index contributed by atoms with van der Waals surface area (Å²) in [5.74, 6) is -6.53. The van der Waals surface area contributed by atoms with Crippen LogP contribution in [-0.4, -0.2) is 109 Å². The number of carbonyl (C=O) groups is 7. The number of ether oxygens (including phenoxy) is 9. The molecule has 43 heavy (non-hydrogen) atoms. The van der Waals surface area contributed by atoms with E-state index in [1.54, 1.807) is 0 Å². The number of hydrogen-bond acceptors (Lipinski definition) is 16. The van der Waals surface area contributed by atoms with Crippen molar-refractivity contribution in [3.8, 4) is 0 Å². The van der Waals surface area contributed by atoms with Crippen molar-refractivity contribution in [2.75, 3.05) is 13.7 Å². The maximum absolute atomic E-state index is 12.7. The van der Waals surface area contributed by atoms with Gasteiger partial charge in [0.1, 0.15) is 24.9 Å². The van der Waals surface area contributed by atoms with E-state index in [4.69, 9.17) is 42.6 Å². The number of alkyl halides is 1. The first-order valence-electron chi connectivity index (χ1n) is 13.1. The van der Waals surface area contributed by atoms with Gasteiger partial charge >= 0.3 is 41.8 Å². The molecule has 2 aliphatic rings. The van der Waals surface area contributed by atoms with E-state index >= 15 is 0 Å². The number of esters is 7. The highest BCUT2D eigenvalue weighted by Crippen LogP contribution is 2.39. The molecule has 0 radical (unpaired) electrons. The molecule has 0 spiro atoms. The average molecular weight is 683 g/mol. The number of rotatable bonds is 10. The van der Waals surface area contributed by atoms with Gasteiger partial charge in [-0.15, -0.1) is 0 Å². The van der Waals surface area contributed by atoms with Crippen LogP contribution in [0.2, 0.25) is 0 Å². The Labute approximate surface area is 255 Å². The summed E-state index contributed by atoms with van der Waals surface area (Å²) < 4.78 is 49.2. The highest BCUT2D eigenvalue weighted by Gasteiger charge is 2.57. The Morgan fingerprint density at radius 3 is 1.63 bits per heavy atom. The zero-order chi connectivity index (χ0) is 32.6. The smallest absolute Gasteiger partial charge is 0.310 e. The van der Waals surface area contributed by atoms with Gasteiger partial charge in [-0.2, -0.15) is 0 Å². The second kappa shape index (κ2) is 16.0. The van der Waals surface area contributed by atoms with Crippen molar-refractivity contribution in [2.45, 2.75) is 102 Å². The Hall–Kier alpha value is -3.31. The Morgan fingerprint density at radius 2 is 1.14 bits per heavy atom. The Kier molecular flexibility index (Phi) is 13.3. The van der Waals surface area contributed by atoms with E-state index in [9.17, 15) is 33.6 Å². The third-order valence-corrected chi connectivity index (χ3v) is 7.40. The monoisotopic (exact) mass is 682 g/mol. The van der Waals surface area contributed by atoms with Crippen LogP contribution in [0.25, 0.3) is 0 Å². The van der Waals surface area contributed by atoms with E-state index in [0.29, 0.717) is 0 Å². The van der Waals surface area contributed by atoms with E-state index in [0.717, 1.165) is 48.7 Å². The maximum Gasteiger partial charge on any atom is 0.310 e. The molecule has 242 valence electrons. The first kappa shape index (κ1) is 35.9. The fraction of sp³-hybridized carbons (Fsp3) is 0.731. The van der Waals surface area contributed by atoms with Crippen molar-refractivity contribution >= 4 is 57.7 Å². The van der Waals surface area contributed by atoms with E-state index < -0.39 is 108 Å². The molecule has 0 N–H and O–H groups in total. The van der Waals surface area contributed by atoms with Crippen LogP contribution in [0.3, 0.4) is 0 Å². The van der Waals surface area contributed by atoms with Gasteiger partial charge in [-0.1, -0.05) is 15.9 Å². The largest absolute Gasteiger partial charge is 0.469 e. The van der Waals surface area contributed by atoms with E-state index in [2.05, 4.69) is 15.9 Å². The normalized spacial score (nSPS) is 31.9. The zero-order valence-corrected chi connectivity index (χ0v) is 26.2. The van der Waals surface area contributed by atoms with Gasteiger partial charge in [-0.25, -0.2) is 0 Å². The average Bonchev–Trinajstić information content (AvgIpc) is 2.87. The molecule has 1 aliphatic carbocycles. The topological polar surface area (TPSA) is 203 Å². The standard InChI is InChI=1S/C26H35BrO16/c1-10(28)36-9-18-21(39-13(4)31)23(40-14(5)32)24(41-15(6)33)26(42-18)43-22-19(27)16(25(34)35-7)8-17(37-11(2)29)20(22)38-12(3)30/h16-24,26H,8-9H2,1-7H3/t16-,17-,18-,19-,20-,21-,22-,23+,24-,26+/m1/s1. The second-order valence-electron chi connectivity index (χ2n) is 9.70. The van der Waals surface area contributed by atoms with Gasteiger partial charge < -0.3 is 42.6 Å². The molecule has 1 saturated heterocycles.